The molecule has 0 saturated heterocycles. The van der Waals surface area contributed by atoms with E-state index in [-0.39, 0.29) is 5.92 Å². The van der Waals surface area contributed by atoms with E-state index >= 15 is 0 Å². The molecule has 7 nitrogen and oxygen atoms in total. The summed E-state index contributed by atoms with van der Waals surface area (Å²) < 4.78 is 0. The van der Waals surface area contributed by atoms with Crippen LogP contribution in [-0.2, 0) is 4.79 Å². The zero-order valence-corrected chi connectivity index (χ0v) is 10.3. The maximum atomic E-state index is 11.9. The lowest BCUT2D eigenvalue weighted by molar-refractivity contribution is -0.120. The number of amides is 2. The minimum absolute atomic E-state index is 0.0830. The Kier molecular flexibility index (Phi) is 4.61. The van der Waals surface area contributed by atoms with Gasteiger partial charge in [-0.25, -0.2) is 10.8 Å². The van der Waals surface area contributed by atoms with Crippen molar-refractivity contribution in [2.24, 2.45) is 17.5 Å². The predicted molar refractivity (Wildman–Crippen MR) is 67.3 cm³/mol. The maximum Gasteiger partial charge on any atom is 0.252 e. The largest absolute Gasteiger partial charge is 0.368 e. The van der Waals surface area contributed by atoms with Gasteiger partial charge in [-0.05, 0) is 18.1 Å². The molecule has 7 heteroatoms. The van der Waals surface area contributed by atoms with E-state index in [2.05, 4.69) is 15.7 Å². The Bertz CT molecular complexity index is 447. The third-order valence-electron chi connectivity index (χ3n) is 2.43. The Morgan fingerprint density at radius 1 is 1.39 bits per heavy atom. The Hall–Kier alpha value is -2.15. The topological polar surface area (TPSA) is 123 Å². The molecule has 0 spiro atoms. The zero-order valence-electron chi connectivity index (χ0n) is 10.3. The number of nitrogens with two attached hydrogens (primary N) is 2. The van der Waals surface area contributed by atoms with Gasteiger partial charge in [-0.3, -0.25) is 9.59 Å². The van der Waals surface area contributed by atoms with Gasteiger partial charge in [0.05, 0.1) is 0 Å². The van der Waals surface area contributed by atoms with E-state index in [9.17, 15) is 9.59 Å². The van der Waals surface area contributed by atoms with Crippen LogP contribution in [0.2, 0.25) is 0 Å². The summed E-state index contributed by atoms with van der Waals surface area (Å²) in [5.74, 6) is 4.52. The van der Waals surface area contributed by atoms with E-state index in [0.717, 1.165) is 0 Å². The Morgan fingerprint density at radius 2 is 2.06 bits per heavy atom. The molecular formula is C11H17N5O2. The van der Waals surface area contributed by atoms with Gasteiger partial charge in [0.15, 0.2) is 0 Å². The molecule has 0 aliphatic rings. The fourth-order valence-electron chi connectivity index (χ4n) is 1.44. The summed E-state index contributed by atoms with van der Waals surface area (Å²) in [6.07, 6.45) is 1.44. The predicted octanol–water partition coefficient (Wildman–Crippen LogP) is -0.393. The van der Waals surface area contributed by atoms with Crippen molar-refractivity contribution in [1.82, 2.24) is 10.3 Å². The van der Waals surface area contributed by atoms with E-state index in [1.165, 1.54) is 18.3 Å². The summed E-state index contributed by atoms with van der Waals surface area (Å²) in [5.41, 5.74) is 7.91. The average molecular weight is 251 g/mol. The molecule has 0 aliphatic heterocycles. The first-order valence-electron chi connectivity index (χ1n) is 5.48. The van der Waals surface area contributed by atoms with Crippen molar-refractivity contribution in [3.8, 4) is 0 Å². The van der Waals surface area contributed by atoms with Crippen molar-refractivity contribution in [2.75, 3.05) is 5.43 Å². The molecule has 1 heterocycles. The second-order valence-corrected chi connectivity index (χ2v) is 4.17. The lowest BCUT2D eigenvalue weighted by Gasteiger charge is -2.18. The number of hydrogen-bond donors (Lipinski definition) is 4. The van der Waals surface area contributed by atoms with Crippen LogP contribution in [-0.4, -0.2) is 22.8 Å². The van der Waals surface area contributed by atoms with Crippen molar-refractivity contribution in [3.63, 3.8) is 0 Å². The molecule has 1 aromatic rings. The number of nitrogens with one attached hydrogen (secondary N) is 2. The highest BCUT2D eigenvalue weighted by molar-refractivity contribution is 5.97. The molecule has 2 amide bonds. The van der Waals surface area contributed by atoms with Gasteiger partial charge < -0.3 is 16.5 Å². The number of aromatic nitrogens is 1. The molecule has 0 aliphatic carbocycles. The van der Waals surface area contributed by atoms with E-state index < -0.39 is 17.9 Å². The van der Waals surface area contributed by atoms with Gasteiger partial charge in [-0.2, -0.15) is 0 Å². The van der Waals surface area contributed by atoms with Crippen molar-refractivity contribution >= 4 is 17.6 Å². The van der Waals surface area contributed by atoms with Crippen LogP contribution in [0.25, 0.3) is 0 Å². The van der Waals surface area contributed by atoms with Crippen LogP contribution in [0.5, 0.6) is 0 Å². The highest BCUT2D eigenvalue weighted by Gasteiger charge is 2.22. The van der Waals surface area contributed by atoms with Crippen LogP contribution in [0.3, 0.4) is 0 Å². The van der Waals surface area contributed by atoms with Gasteiger partial charge in [0.2, 0.25) is 5.91 Å². The first-order chi connectivity index (χ1) is 8.45. The molecule has 0 fully saturated rings. The number of rotatable bonds is 5. The van der Waals surface area contributed by atoms with E-state index in [1.807, 2.05) is 0 Å². The molecule has 0 bridgehead atoms. The van der Waals surface area contributed by atoms with Crippen molar-refractivity contribution in [1.29, 1.82) is 0 Å². The first-order valence-corrected chi connectivity index (χ1v) is 5.48. The lowest BCUT2D eigenvalue weighted by atomic mass is 10.0. The number of nitrogens with zero attached hydrogens (tertiary/aromatic N) is 1. The fraction of sp³-hybridized carbons (Fsp3) is 0.364. The molecule has 0 radical (unpaired) electrons. The summed E-state index contributed by atoms with van der Waals surface area (Å²) in [6.45, 7) is 3.60. The molecule has 1 rings (SSSR count). The van der Waals surface area contributed by atoms with Gasteiger partial charge in [-0.1, -0.05) is 13.8 Å². The van der Waals surface area contributed by atoms with Gasteiger partial charge in [-0.15, -0.1) is 0 Å². The minimum Gasteiger partial charge on any atom is -0.368 e. The second kappa shape index (κ2) is 5.97. The van der Waals surface area contributed by atoms with Gasteiger partial charge in [0.25, 0.3) is 5.91 Å². The molecule has 6 N–H and O–H groups in total. The molecule has 0 aromatic carbocycles. The van der Waals surface area contributed by atoms with E-state index in [1.54, 1.807) is 13.8 Å². The van der Waals surface area contributed by atoms with Crippen molar-refractivity contribution in [3.05, 3.63) is 23.9 Å². The number of hydrogen-bond acceptors (Lipinski definition) is 5. The maximum absolute atomic E-state index is 11.9. The Labute approximate surface area is 105 Å². The van der Waals surface area contributed by atoms with Gasteiger partial charge in [0.1, 0.15) is 11.9 Å². The molecule has 1 atom stereocenters. The number of carbonyl (C=O) groups excluding carboxylic acids is 2. The monoisotopic (exact) mass is 251 g/mol. The van der Waals surface area contributed by atoms with Crippen molar-refractivity contribution < 1.29 is 9.59 Å². The third kappa shape index (κ3) is 3.42. The van der Waals surface area contributed by atoms with Crippen LogP contribution in [0, 0.1) is 5.92 Å². The Morgan fingerprint density at radius 3 is 2.56 bits per heavy atom. The standard InChI is InChI=1S/C11H17N5O2/c1-6(2)9(10(12)17)15-11(18)7-3-4-14-8(5-7)16-13/h3-6,9H,13H2,1-2H3,(H2,12,17)(H,14,16)(H,15,18). The van der Waals surface area contributed by atoms with Crippen LogP contribution in [0.15, 0.2) is 18.3 Å². The van der Waals surface area contributed by atoms with Crippen LogP contribution < -0.4 is 22.3 Å². The number of nitrogen functional groups attached to an aromatic ring is 1. The molecule has 18 heavy (non-hydrogen) atoms. The summed E-state index contributed by atoms with van der Waals surface area (Å²) in [7, 11) is 0. The van der Waals surface area contributed by atoms with Crippen molar-refractivity contribution in [2.45, 2.75) is 19.9 Å². The number of hydrazine groups is 1. The van der Waals surface area contributed by atoms with Crippen LogP contribution in [0.1, 0.15) is 24.2 Å². The average Bonchev–Trinajstić information content (AvgIpc) is 2.34. The first kappa shape index (κ1) is 13.9. The number of carbonyl (C=O) groups is 2. The highest BCUT2D eigenvalue weighted by atomic mass is 16.2. The summed E-state index contributed by atoms with van der Waals surface area (Å²) >= 11 is 0. The highest BCUT2D eigenvalue weighted by Crippen LogP contribution is 2.07. The second-order valence-electron chi connectivity index (χ2n) is 4.17. The van der Waals surface area contributed by atoms with Crippen LogP contribution in [0.4, 0.5) is 5.82 Å². The summed E-state index contributed by atoms with van der Waals surface area (Å²) in [5, 5.41) is 2.57. The van der Waals surface area contributed by atoms with Gasteiger partial charge >= 0.3 is 0 Å². The third-order valence-corrected chi connectivity index (χ3v) is 2.43. The van der Waals surface area contributed by atoms with E-state index in [4.69, 9.17) is 11.6 Å². The smallest absolute Gasteiger partial charge is 0.252 e. The van der Waals surface area contributed by atoms with E-state index in [0.29, 0.717) is 11.4 Å². The van der Waals surface area contributed by atoms with Crippen LogP contribution >= 0.6 is 0 Å². The summed E-state index contributed by atoms with van der Waals surface area (Å²) in [4.78, 5) is 27.0. The summed E-state index contributed by atoms with van der Waals surface area (Å²) in [6, 6.07) is 2.29. The Balaban J connectivity index is 2.83. The molecule has 98 valence electrons. The lowest BCUT2D eigenvalue weighted by Crippen LogP contribution is -2.47. The molecular weight excluding hydrogens is 234 g/mol. The quantitative estimate of drug-likeness (QED) is 0.419. The number of pyridine rings is 1. The molecule has 1 unspecified atom stereocenters. The minimum atomic E-state index is -0.708. The molecule has 0 saturated carbocycles. The SMILES string of the molecule is CC(C)C(NC(=O)c1ccnc(NN)c1)C(N)=O. The fourth-order valence-corrected chi connectivity index (χ4v) is 1.44. The van der Waals surface area contributed by atoms with Gasteiger partial charge in [0, 0.05) is 11.8 Å². The number of anilines is 1. The normalized spacial score (nSPS) is 12.0. The molecule has 1 aromatic heterocycles. The number of primary amides is 1. The zero-order chi connectivity index (χ0) is 13.7.